The number of nitrogens with one attached hydrogen (secondary N) is 1. The molecule has 1 N–H and O–H groups in total. The maximum absolute atomic E-state index is 13.0. The fraction of sp³-hybridized carbons (Fsp3) is 0.182. The van der Waals surface area contributed by atoms with Crippen LogP contribution < -0.4 is 10.2 Å². The van der Waals surface area contributed by atoms with Gasteiger partial charge < -0.3 is 10.2 Å². The average molecular weight is 409 g/mol. The predicted molar refractivity (Wildman–Crippen MR) is 115 cm³/mol. The van der Waals surface area contributed by atoms with Crippen molar-refractivity contribution in [2.24, 2.45) is 0 Å². The van der Waals surface area contributed by atoms with Crippen LogP contribution in [0.1, 0.15) is 32.5 Å². The summed E-state index contributed by atoms with van der Waals surface area (Å²) in [5, 5.41) is 5.02. The standard InChI is InChI=1S/C22H20N2O2S2/c1-2-24-18-14-15(21(25)23-12-11-16-6-5-13-27-16)9-10-20(18)28-19-8-4-3-7-17(19)22(24)26/h3-10,13-14H,2,11-12H2,1H3,(H,23,25). The van der Waals surface area contributed by atoms with E-state index in [0.29, 0.717) is 24.2 Å². The van der Waals surface area contributed by atoms with Crippen LogP contribution in [0.2, 0.25) is 0 Å². The van der Waals surface area contributed by atoms with E-state index in [4.69, 9.17) is 0 Å². The highest BCUT2D eigenvalue weighted by atomic mass is 32.2. The third-order valence-corrected chi connectivity index (χ3v) is 6.72. The zero-order valence-corrected chi connectivity index (χ0v) is 17.1. The van der Waals surface area contributed by atoms with E-state index in [-0.39, 0.29) is 11.8 Å². The molecule has 2 aromatic carbocycles. The summed E-state index contributed by atoms with van der Waals surface area (Å²) < 4.78 is 0. The summed E-state index contributed by atoms with van der Waals surface area (Å²) in [6.45, 7) is 3.09. The van der Waals surface area contributed by atoms with Crippen LogP contribution >= 0.6 is 23.1 Å². The smallest absolute Gasteiger partial charge is 0.259 e. The molecule has 4 nitrogen and oxygen atoms in total. The van der Waals surface area contributed by atoms with E-state index in [1.54, 1.807) is 28.0 Å². The molecule has 2 amide bonds. The van der Waals surface area contributed by atoms with Gasteiger partial charge in [-0.15, -0.1) is 11.3 Å². The molecule has 1 aliphatic heterocycles. The number of hydrogen-bond donors (Lipinski definition) is 1. The molecule has 0 atom stereocenters. The van der Waals surface area contributed by atoms with Crippen LogP contribution in [0.3, 0.4) is 0 Å². The Bertz CT molecular complexity index is 1020. The monoisotopic (exact) mass is 408 g/mol. The first kappa shape index (κ1) is 18.8. The molecular formula is C22H20N2O2S2. The van der Waals surface area contributed by atoms with Gasteiger partial charge in [0.05, 0.1) is 11.3 Å². The van der Waals surface area contributed by atoms with Crippen molar-refractivity contribution in [2.75, 3.05) is 18.0 Å². The number of rotatable bonds is 5. The molecule has 6 heteroatoms. The Morgan fingerprint density at radius 3 is 2.71 bits per heavy atom. The number of nitrogens with zero attached hydrogens (tertiary/aromatic N) is 1. The molecule has 0 fully saturated rings. The highest BCUT2D eigenvalue weighted by Gasteiger charge is 2.26. The van der Waals surface area contributed by atoms with Gasteiger partial charge in [0.25, 0.3) is 11.8 Å². The first-order chi connectivity index (χ1) is 13.7. The van der Waals surface area contributed by atoms with Gasteiger partial charge in [0, 0.05) is 33.3 Å². The van der Waals surface area contributed by atoms with Gasteiger partial charge >= 0.3 is 0 Å². The Labute approximate surface area is 172 Å². The van der Waals surface area contributed by atoms with Crippen LogP contribution in [0, 0.1) is 0 Å². The SMILES string of the molecule is CCN1C(=O)c2ccccc2Sc2ccc(C(=O)NCCc3cccs3)cc21. The van der Waals surface area contributed by atoms with Crippen LogP contribution in [-0.4, -0.2) is 24.9 Å². The summed E-state index contributed by atoms with van der Waals surface area (Å²) in [6, 6.07) is 17.3. The molecular weight excluding hydrogens is 388 g/mol. The molecule has 142 valence electrons. The van der Waals surface area contributed by atoms with E-state index in [0.717, 1.165) is 21.9 Å². The lowest BCUT2D eigenvalue weighted by Crippen LogP contribution is -2.31. The van der Waals surface area contributed by atoms with Crippen molar-refractivity contribution in [1.29, 1.82) is 0 Å². The molecule has 1 aromatic heterocycles. The lowest BCUT2D eigenvalue weighted by Gasteiger charge is -2.21. The third-order valence-electron chi connectivity index (χ3n) is 4.65. The summed E-state index contributed by atoms with van der Waals surface area (Å²) in [6.07, 6.45) is 0.819. The van der Waals surface area contributed by atoms with Gasteiger partial charge in [-0.2, -0.15) is 0 Å². The number of thiophene rings is 1. The fourth-order valence-corrected chi connectivity index (χ4v) is 5.00. The average Bonchev–Trinajstić information content (AvgIpc) is 3.19. The first-order valence-corrected chi connectivity index (χ1v) is 10.9. The van der Waals surface area contributed by atoms with E-state index in [1.165, 1.54) is 4.88 Å². The Morgan fingerprint density at radius 1 is 1.07 bits per heavy atom. The number of carbonyl (C=O) groups is 2. The van der Waals surface area contributed by atoms with Gasteiger partial charge in [0.15, 0.2) is 0 Å². The van der Waals surface area contributed by atoms with Gasteiger partial charge in [-0.1, -0.05) is 30.0 Å². The minimum Gasteiger partial charge on any atom is -0.352 e. The molecule has 0 spiro atoms. The molecule has 0 radical (unpaired) electrons. The molecule has 0 aliphatic carbocycles. The van der Waals surface area contributed by atoms with E-state index in [2.05, 4.69) is 11.4 Å². The van der Waals surface area contributed by atoms with Crippen molar-refractivity contribution in [3.8, 4) is 0 Å². The summed E-state index contributed by atoms with van der Waals surface area (Å²) in [5.41, 5.74) is 2.06. The maximum atomic E-state index is 13.0. The van der Waals surface area contributed by atoms with Crippen molar-refractivity contribution >= 4 is 40.6 Å². The van der Waals surface area contributed by atoms with Crippen molar-refractivity contribution in [3.63, 3.8) is 0 Å². The number of amides is 2. The molecule has 1 aliphatic rings. The number of fused-ring (bicyclic) bond motifs is 2. The van der Waals surface area contributed by atoms with Crippen LogP contribution in [0.15, 0.2) is 69.8 Å². The zero-order valence-electron chi connectivity index (χ0n) is 15.5. The van der Waals surface area contributed by atoms with Gasteiger partial charge in [0.2, 0.25) is 0 Å². The molecule has 4 rings (SSSR count). The summed E-state index contributed by atoms with van der Waals surface area (Å²) >= 11 is 3.26. The minimum absolute atomic E-state index is 0.0281. The van der Waals surface area contributed by atoms with Crippen molar-refractivity contribution < 1.29 is 9.59 Å². The molecule has 2 heterocycles. The maximum Gasteiger partial charge on any atom is 0.259 e. The third kappa shape index (κ3) is 3.70. The van der Waals surface area contributed by atoms with E-state index in [9.17, 15) is 9.59 Å². The Balaban J connectivity index is 1.58. The molecule has 28 heavy (non-hydrogen) atoms. The Morgan fingerprint density at radius 2 is 1.93 bits per heavy atom. The highest BCUT2D eigenvalue weighted by molar-refractivity contribution is 7.99. The van der Waals surface area contributed by atoms with Gasteiger partial charge in [0.1, 0.15) is 0 Å². The second kappa shape index (κ2) is 8.20. The zero-order chi connectivity index (χ0) is 19.5. The highest BCUT2D eigenvalue weighted by Crippen LogP contribution is 2.41. The van der Waals surface area contributed by atoms with Gasteiger partial charge in [-0.05, 0) is 55.1 Å². The molecule has 3 aromatic rings. The number of hydrogen-bond acceptors (Lipinski definition) is 4. The summed E-state index contributed by atoms with van der Waals surface area (Å²) in [7, 11) is 0. The number of anilines is 1. The Hall–Kier alpha value is -2.57. The number of carbonyl (C=O) groups excluding carboxylic acids is 2. The quantitative estimate of drug-likeness (QED) is 0.656. The summed E-state index contributed by atoms with van der Waals surface area (Å²) in [5.74, 6) is -0.144. The lowest BCUT2D eigenvalue weighted by atomic mass is 10.1. The first-order valence-electron chi connectivity index (χ1n) is 9.20. The normalized spacial score (nSPS) is 12.9. The predicted octanol–water partition coefficient (Wildman–Crippen LogP) is 4.85. The van der Waals surface area contributed by atoms with Crippen molar-refractivity contribution in [2.45, 2.75) is 23.1 Å². The van der Waals surface area contributed by atoms with Crippen LogP contribution in [0.4, 0.5) is 5.69 Å². The van der Waals surface area contributed by atoms with Crippen molar-refractivity contribution in [1.82, 2.24) is 5.32 Å². The van der Waals surface area contributed by atoms with Crippen LogP contribution in [0.25, 0.3) is 0 Å². The topological polar surface area (TPSA) is 49.4 Å². The second-order valence-corrected chi connectivity index (χ2v) is 8.53. The fourth-order valence-electron chi connectivity index (χ4n) is 3.23. The molecule has 0 unspecified atom stereocenters. The van der Waals surface area contributed by atoms with E-state index < -0.39 is 0 Å². The van der Waals surface area contributed by atoms with E-state index >= 15 is 0 Å². The molecule has 0 saturated heterocycles. The minimum atomic E-state index is -0.116. The van der Waals surface area contributed by atoms with E-state index in [1.807, 2.05) is 60.8 Å². The van der Waals surface area contributed by atoms with Crippen LogP contribution in [0.5, 0.6) is 0 Å². The summed E-state index contributed by atoms with van der Waals surface area (Å²) in [4.78, 5) is 30.6. The number of benzene rings is 2. The van der Waals surface area contributed by atoms with Gasteiger partial charge in [-0.3, -0.25) is 9.59 Å². The van der Waals surface area contributed by atoms with Crippen LogP contribution in [-0.2, 0) is 6.42 Å². The largest absolute Gasteiger partial charge is 0.352 e. The molecule has 0 saturated carbocycles. The Kier molecular flexibility index (Phi) is 5.50. The van der Waals surface area contributed by atoms with Crippen molar-refractivity contribution in [3.05, 3.63) is 76.0 Å². The van der Waals surface area contributed by atoms with Gasteiger partial charge in [-0.25, -0.2) is 0 Å². The molecule has 0 bridgehead atoms. The lowest BCUT2D eigenvalue weighted by molar-refractivity contribution is 0.0950. The second-order valence-electron chi connectivity index (χ2n) is 6.42.